The molecular weight excluding hydrogens is 362 g/mol. The molecule has 0 saturated carbocycles. The van der Waals surface area contributed by atoms with Crippen molar-refractivity contribution in [2.75, 3.05) is 19.6 Å². The number of nitro groups is 1. The molecule has 1 heterocycles. The second-order valence-electron chi connectivity index (χ2n) is 7.01. The standard InChI is InChI=1S/C16H23N3O6S/c1-16(2,3)25-15(20)11-18(12-8-9-17-10-12)26(23,24)14-7-5-4-6-13(14)19(21)22/h4-7,12,17H,8-11H2,1-3H3. The lowest BCUT2D eigenvalue weighted by atomic mass is 10.2. The Balaban J connectivity index is 2.41. The summed E-state index contributed by atoms with van der Waals surface area (Å²) in [5.74, 6) is -0.702. The number of sulfonamides is 1. The summed E-state index contributed by atoms with van der Waals surface area (Å²) >= 11 is 0. The lowest BCUT2D eigenvalue weighted by Gasteiger charge is -2.28. The Labute approximate surface area is 152 Å². The highest BCUT2D eigenvalue weighted by Crippen LogP contribution is 2.28. The molecule has 1 aromatic carbocycles. The Morgan fingerprint density at radius 2 is 2.04 bits per heavy atom. The molecule has 2 rings (SSSR count). The van der Waals surface area contributed by atoms with Gasteiger partial charge in [0.1, 0.15) is 12.1 Å². The molecule has 9 nitrogen and oxygen atoms in total. The van der Waals surface area contributed by atoms with Gasteiger partial charge in [-0.3, -0.25) is 14.9 Å². The molecule has 1 aliphatic heterocycles. The van der Waals surface area contributed by atoms with Gasteiger partial charge in [0.25, 0.3) is 15.7 Å². The highest BCUT2D eigenvalue weighted by Gasteiger charge is 2.39. The van der Waals surface area contributed by atoms with E-state index in [0.717, 1.165) is 10.4 Å². The molecule has 144 valence electrons. The van der Waals surface area contributed by atoms with Gasteiger partial charge in [0, 0.05) is 18.7 Å². The Kier molecular flexibility index (Phi) is 5.99. The number of ether oxygens (including phenoxy) is 1. The first-order valence-electron chi connectivity index (χ1n) is 8.20. The first-order chi connectivity index (χ1) is 12.0. The van der Waals surface area contributed by atoms with Crippen LogP contribution in [0.4, 0.5) is 5.69 Å². The van der Waals surface area contributed by atoms with Gasteiger partial charge in [-0.15, -0.1) is 0 Å². The van der Waals surface area contributed by atoms with E-state index >= 15 is 0 Å². The molecule has 0 spiro atoms. The summed E-state index contributed by atoms with van der Waals surface area (Å²) in [6.45, 7) is 5.51. The van der Waals surface area contributed by atoms with Crippen molar-refractivity contribution >= 4 is 21.7 Å². The first-order valence-corrected chi connectivity index (χ1v) is 9.64. The molecule has 26 heavy (non-hydrogen) atoms. The zero-order valence-electron chi connectivity index (χ0n) is 15.0. The van der Waals surface area contributed by atoms with Gasteiger partial charge in [0.15, 0.2) is 4.90 Å². The van der Waals surface area contributed by atoms with E-state index in [1.807, 2.05) is 0 Å². The molecule has 1 saturated heterocycles. The average Bonchev–Trinajstić information content (AvgIpc) is 3.04. The maximum absolute atomic E-state index is 13.1. The second kappa shape index (κ2) is 7.68. The number of hydrogen-bond donors (Lipinski definition) is 1. The second-order valence-corrected chi connectivity index (χ2v) is 8.87. The number of rotatable bonds is 6. The van der Waals surface area contributed by atoms with Gasteiger partial charge in [-0.1, -0.05) is 12.1 Å². The van der Waals surface area contributed by atoms with Crippen LogP contribution in [0.1, 0.15) is 27.2 Å². The molecule has 1 fully saturated rings. The van der Waals surface area contributed by atoms with Crippen molar-refractivity contribution in [1.29, 1.82) is 0 Å². The number of nitrogens with zero attached hydrogens (tertiary/aromatic N) is 2. The van der Waals surface area contributed by atoms with Crippen molar-refractivity contribution in [3.05, 3.63) is 34.4 Å². The number of esters is 1. The quantitative estimate of drug-likeness (QED) is 0.445. The Morgan fingerprint density at radius 1 is 1.38 bits per heavy atom. The topological polar surface area (TPSA) is 119 Å². The SMILES string of the molecule is CC(C)(C)OC(=O)CN(C1CCNC1)S(=O)(=O)c1ccccc1[N+](=O)[O-]. The lowest BCUT2D eigenvalue weighted by molar-refractivity contribution is -0.387. The van der Waals surface area contributed by atoms with Gasteiger partial charge in [0.2, 0.25) is 0 Å². The molecule has 0 amide bonds. The fourth-order valence-corrected chi connectivity index (χ4v) is 4.51. The maximum atomic E-state index is 13.1. The average molecular weight is 385 g/mol. The maximum Gasteiger partial charge on any atom is 0.321 e. The smallest absolute Gasteiger partial charge is 0.321 e. The van der Waals surface area contributed by atoms with Crippen LogP contribution in [-0.4, -0.2) is 54.9 Å². The monoisotopic (exact) mass is 385 g/mol. The fourth-order valence-electron chi connectivity index (χ4n) is 2.75. The number of benzene rings is 1. The lowest BCUT2D eigenvalue weighted by Crippen LogP contribution is -2.46. The third-order valence-electron chi connectivity index (χ3n) is 3.80. The third-order valence-corrected chi connectivity index (χ3v) is 5.74. The summed E-state index contributed by atoms with van der Waals surface area (Å²) < 4.78 is 32.5. The number of hydrogen-bond acceptors (Lipinski definition) is 7. The van der Waals surface area contributed by atoms with Gasteiger partial charge in [-0.25, -0.2) is 8.42 Å². The summed E-state index contributed by atoms with van der Waals surface area (Å²) in [5, 5.41) is 14.3. The number of nitro benzene ring substituents is 1. The van der Waals surface area contributed by atoms with E-state index in [4.69, 9.17) is 4.74 Å². The Hall–Kier alpha value is -2.04. The van der Waals surface area contributed by atoms with Crippen LogP contribution in [0, 0.1) is 10.1 Å². The molecular formula is C16H23N3O6S. The molecule has 0 radical (unpaired) electrons. The van der Waals surface area contributed by atoms with Crippen LogP contribution in [0.25, 0.3) is 0 Å². The van der Waals surface area contributed by atoms with Crippen LogP contribution >= 0.6 is 0 Å². The Bertz CT molecular complexity index is 781. The molecule has 10 heteroatoms. The van der Waals surface area contributed by atoms with Gasteiger partial charge < -0.3 is 10.1 Å². The molecule has 1 unspecified atom stereocenters. The van der Waals surface area contributed by atoms with Crippen LogP contribution in [0.15, 0.2) is 29.2 Å². The van der Waals surface area contributed by atoms with Crippen molar-refractivity contribution in [3.63, 3.8) is 0 Å². The molecule has 1 N–H and O–H groups in total. The van der Waals surface area contributed by atoms with Gasteiger partial charge in [-0.05, 0) is 39.8 Å². The van der Waals surface area contributed by atoms with Crippen molar-refractivity contribution in [1.82, 2.24) is 9.62 Å². The number of carbonyl (C=O) groups excluding carboxylic acids is 1. The van der Waals surface area contributed by atoms with Crippen molar-refractivity contribution < 1.29 is 22.9 Å². The molecule has 0 aromatic heterocycles. The van der Waals surface area contributed by atoms with Crippen molar-refractivity contribution in [2.24, 2.45) is 0 Å². The van der Waals surface area contributed by atoms with Gasteiger partial charge >= 0.3 is 5.97 Å². The number of carbonyl (C=O) groups is 1. The number of nitrogens with one attached hydrogen (secondary N) is 1. The summed E-state index contributed by atoms with van der Waals surface area (Å²) in [4.78, 5) is 22.3. The predicted octanol–water partition coefficient (Wildman–Crippen LogP) is 1.29. The highest BCUT2D eigenvalue weighted by molar-refractivity contribution is 7.89. The summed E-state index contributed by atoms with van der Waals surface area (Å²) in [5.41, 5.74) is -1.29. The summed E-state index contributed by atoms with van der Waals surface area (Å²) in [7, 11) is -4.26. The van der Waals surface area contributed by atoms with E-state index in [2.05, 4.69) is 5.32 Å². The minimum atomic E-state index is -4.26. The van der Waals surface area contributed by atoms with Crippen LogP contribution in [0.2, 0.25) is 0 Å². The molecule has 1 aliphatic rings. The van der Waals surface area contributed by atoms with Crippen LogP contribution in [0.3, 0.4) is 0 Å². The third kappa shape index (κ3) is 4.77. The normalized spacial score (nSPS) is 18.1. The van der Waals surface area contributed by atoms with E-state index in [0.29, 0.717) is 19.5 Å². The minimum Gasteiger partial charge on any atom is -0.459 e. The molecule has 0 aliphatic carbocycles. The van der Waals surface area contributed by atoms with Crippen molar-refractivity contribution in [3.8, 4) is 0 Å². The predicted molar refractivity (Wildman–Crippen MR) is 94.1 cm³/mol. The molecule has 0 bridgehead atoms. The van der Waals surface area contributed by atoms with E-state index < -0.39 is 49.7 Å². The van der Waals surface area contributed by atoms with E-state index in [1.165, 1.54) is 18.2 Å². The van der Waals surface area contributed by atoms with Crippen LogP contribution < -0.4 is 5.32 Å². The van der Waals surface area contributed by atoms with E-state index in [-0.39, 0.29) is 0 Å². The number of para-hydroxylation sites is 1. The summed E-state index contributed by atoms with van der Waals surface area (Å²) in [6, 6.07) is 4.64. The zero-order chi connectivity index (χ0) is 19.5. The van der Waals surface area contributed by atoms with Crippen LogP contribution in [-0.2, 0) is 19.6 Å². The van der Waals surface area contributed by atoms with Gasteiger partial charge in [-0.2, -0.15) is 4.31 Å². The fraction of sp³-hybridized carbons (Fsp3) is 0.562. The van der Waals surface area contributed by atoms with E-state index in [9.17, 15) is 23.3 Å². The Morgan fingerprint density at radius 3 is 2.58 bits per heavy atom. The molecule has 1 atom stereocenters. The van der Waals surface area contributed by atoms with Crippen LogP contribution in [0.5, 0.6) is 0 Å². The minimum absolute atomic E-state index is 0.364. The van der Waals surface area contributed by atoms with Crippen molar-refractivity contribution in [2.45, 2.75) is 43.7 Å². The summed E-state index contributed by atoms with van der Waals surface area (Å²) in [6.07, 6.45) is 0.503. The van der Waals surface area contributed by atoms with Gasteiger partial charge in [0.05, 0.1) is 4.92 Å². The van der Waals surface area contributed by atoms with E-state index in [1.54, 1.807) is 20.8 Å². The zero-order valence-corrected chi connectivity index (χ0v) is 15.8. The molecule has 1 aromatic rings. The first kappa shape index (κ1) is 20.3. The highest BCUT2D eigenvalue weighted by atomic mass is 32.2. The largest absolute Gasteiger partial charge is 0.459 e.